The number of ketones is 1. The summed E-state index contributed by atoms with van der Waals surface area (Å²) >= 11 is 1.70. The molecule has 0 aromatic heterocycles. The topological polar surface area (TPSA) is 29.1 Å². The molecule has 3 heteroatoms. The van der Waals surface area contributed by atoms with Crippen molar-refractivity contribution in [1.29, 1.82) is 0 Å². The molecule has 0 saturated heterocycles. The molecule has 0 atom stereocenters. The lowest BCUT2D eigenvalue weighted by molar-refractivity contribution is 0.0982. The molecule has 1 aromatic carbocycles. The van der Waals surface area contributed by atoms with E-state index in [0.717, 1.165) is 24.6 Å². The molecule has 1 fully saturated rings. The van der Waals surface area contributed by atoms with Gasteiger partial charge in [-0.1, -0.05) is 31.4 Å². The SMILES string of the molecule is CSc1ccc(C(=O)CCNCC2CCCCC2)cc1. The number of thioether (sulfide) groups is 1. The predicted octanol–water partition coefficient (Wildman–Crippen LogP) is 4.15. The molecular formula is C17H25NOS. The first kappa shape index (κ1) is 15.6. The van der Waals surface area contributed by atoms with Gasteiger partial charge in [0.25, 0.3) is 0 Å². The largest absolute Gasteiger partial charge is 0.316 e. The molecular weight excluding hydrogens is 266 g/mol. The normalized spacial score (nSPS) is 16.2. The highest BCUT2D eigenvalue weighted by atomic mass is 32.2. The second-order valence-corrected chi connectivity index (χ2v) is 6.49. The average molecular weight is 291 g/mol. The van der Waals surface area contributed by atoms with Crippen molar-refractivity contribution in [2.45, 2.75) is 43.4 Å². The van der Waals surface area contributed by atoms with Crippen LogP contribution in [0.15, 0.2) is 29.2 Å². The van der Waals surface area contributed by atoms with E-state index in [1.165, 1.54) is 37.0 Å². The molecule has 1 aliphatic carbocycles. The highest BCUT2D eigenvalue weighted by Gasteiger charge is 2.13. The Kier molecular flexibility index (Phi) is 6.61. The van der Waals surface area contributed by atoms with Crippen molar-refractivity contribution in [2.75, 3.05) is 19.3 Å². The van der Waals surface area contributed by atoms with E-state index < -0.39 is 0 Å². The first-order valence-electron chi connectivity index (χ1n) is 7.67. The summed E-state index contributed by atoms with van der Waals surface area (Å²) in [6.07, 6.45) is 9.53. The number of rotatable bonds is 7. The van der Waals surface area contributed by atoms with Crippen molar-refractivity contribution in [1.82, 2.24) is 5.32 Å². The van der Waals surface area contributed by atoms with Crippen LogP contribution in [0.2, 0.25) is 0 Å². The fourth-order valence-electron chi connectivity index (χ4n) is 2.82. The van der Waals surface area contributed by atoms with Gasteiger partial charge in [-0.05, 0) is 43.7 Å². The van der Waals surface area contributed by atoms with Crippen LogP contribution in [0.4, 0.5) is 0 Å². The lowest BCUT2D eigenvalue weighted by Crippen LogP contribution is -2.26. The number of benzene rings is 1. The van der Waals surface area contributed by atoms with Crippen molar-refractivity contribution in [3.8, 4) is 0 Å². The lowest BCUT2D eigenvalue weighted by atomic mass is 9.89. The van der Waals surface area contributed by atoms with Crippen LogP contribution in [0.5, 0.6) is 0 Å². The second kappa shape index (κ2) is 8.48. The van der Waals surface area contributed by atoms with Gasteiger partial charge in [0.1, 0.15) is 0 Å². The van der Waals surface area contributed by atoms with Crippen LogP contribution in [-0.4, -0.2) is 25.1 Å². The second-order valence-electron chi connectivity index (χ2n) is 5.61. The van der Waals surface area contributed by atoms with Gasteiger partial charge in [0.05, 0.1) is 0 Å². The summed E-state index contributed by atoms with van der Waals surface area (Å²) in [6, 6.07) is 7.92. The summed E-state index contributed by atoms with van der Waals surface area (Å²) in [7, 11) is 0. The number of Topliss-reactive ketones (excluding diaryl/α,β-unsaturated/α-hetero) is 1. The first-order chi connectivity index (χ1) is 9.79. The molecule has 1 aromatic rings. The highest BCUT2D eigenvalue weighted by molar-refractivity contribution is 7.98. The van der Waals surface area contributed by atoms with Gasteiger partial charge < -0.3 is 5.32 Å². The maximum Gasteiger partial charge on any atom is 0.164 e. The lowest BCUT2D eigenvalue weighted by Gasteiger charge is -2.21. The molecule has 0 bridgehead atoms. The van der Waals surface area contributed by atoms with Gasteiger partial charge in [-0.2, -0.15) is 0 Å². The maximum atomic E-state index is 12.0. The molecule has 0 heterocycles. The molecule has 2 rings (SSSR count). The molecule has 0 radical (unpaired) electrons. The quantitative estimate of drug-likeness (QED) is 0.465. The number of hydrogen-bond acceptors (Lipinski definition) is 3. The van der Waals surface area contributed by atoms with Crippen LogP contribution in [0.25, 0.3) is 0 Å². The molecule has 110 valence electrons. The zero-order chi connectivity index (χ0) is 14.2. The van der Waals surface area contributed by atoms with Gasteiger partial charge in [0, 0.05) is 23.4 Å². The van der Waals surface area contributed by atoms with Crippen LogP contribution in [-0.2, 0) is 0 Å². The zero-order valence-electron chi connectivity index (χ0n) is 12.4. The van der Waals surface area contributed by atoms with E-state index in [1.54, 1.807) is 11.8 Å². The number of carbonyl (C=O) groups excluding carboxylic acids is 1. The van der Waals surface area contributed by atoms with E-state index >= 15 is 0 Å². The summed E-state index contributed by atoms with van der Waals surface area (Å²) in [5, 5.41) is 3.45. The Bertz CT molecular complexity index is 410. The Morgan fingerprint density at radius 1 is 1.20 bits per heavy atom. The third kappa shape index (κ3) is 4.95. The third-order valence-corrected chi connectivity index (χ3v) is 4.84. The van der Waals surface area contributed by atoms with E-state index in [-0.39, 0.29) is 5.78 Å². The Morgan fingerprint density at radius 2 is 1.90 bits per heavy atom. The Morgan fingerprint density at radius 3 is 2.55 bits per heavy atom. The fourth-order valence-corrected chi connectivity index (χ4v) is 3.23. The molecule has 0 aliphatic heterocycles. The van der Waals surface area contributed by atoms with Gasteiger partial charge >= 0.3 is 0 Å². The van der Waals surface area contributed by atoms with Crippen molar-refractivity contribution >= 4 is 17.5 Å². The van der Waals surface area contributed by atoms with Gasteiger partial charge in [0.15, 0.2) is 5.78 Å². The van der Waals surface area contributed by atoms with E-state index in [1.807, 2.05) is 30.5 Å². The third-order valence-electron chi connectivity index (χ3n) is 4.10. The van der Waals surface area contributed by atoms with Gasteiger partial charge in [-0.15, -0.1) is 11.8 Å². The zero-order valence-corrected chi connectivity index (χ0v) is 13.2. The predicted molar refractivity (Wildman–Crippen MR) is 86.6 cm³/mol. The van der Waals surface area contributed by atoms with Crippen molar-refractivity contribution < 1.29 is 4.79 Å². The van der Waals surface area contributed by atoms with E-state index in [4.69, 9.17) is 0 Å². The van der Waals surface area contributed by atoms with Crippen LogP contribution in [0.3, 0.4) is 0 Å². The molecule has 0 unspecified atom stereocenters. The molecule has 0 spiro atoms. The minimum Gasteiger partial charge on any atom is -0.316 e. The van der Waals surface area contributed by atoms with E-state index in [0.29, 0.717) is 6.42 Å². The fraction of sp³-hybridized carbons (Fsp3) is 0.588. The minimum atomic E-state index is 0.244. The molecule has 1 aliphatic rings. The Labute approximate surface area is 126 Å². The Hall–Kier alpha value is -0.800. The smallest absolute Gasteiger partial charge is 0.164 e. The number of nitrogens with one attached hydrogen (secondary N) is 1. The van der Waals surface area contributed by atoms with Gasteiger partial charge in [-0.25, -0.2) is 0 Å². The number of hydrogen-bond donors (Lipinski definition) is 1. The monoisotopic (exact) mass is 291 g/mol. The van der Waals surface area contributed by atoms with Crippen molar-refractivity contribution in [2.24, 2.45) is 5.92 Å². The van der Waals surface area contributed by atoms with E-state index in [9.17, 15) is 4.79 Å². The van der Waals surface area contributed by atoms with Crippen LogP contribution >= 0.6 is 11.8 Å². The average Bonchev–Trinajstić information content (AvgIpc) is 2.52. The summed E-state index contributed by atoms with van der Waals surface area (Å²) < 4.78 is 0. The molecule has 2 nitrogen and oxygen atoms in total. The van der Waals surface area contributed by atoms with Crippen LogP contribution in [0.1, 0.15) is 48.9 Å². The number of carbonyl (C=O) groups is 1. The summed E-state index contributed by atoms with van der Waals surface area (Å²) in [4.78, 5) is 13.3. The van der Waals surface area contributed by atoms with Gasteiger partial charge in [0.2, 0.25) is 0 Å². The first-order valence-corrected chi connectivity index (χ1v) is 8.90. The Balaban J connectivity index is 1.66. The van der Waals surface area contributed by atoms with Crippen LogP contribution in [0, 0.1) is 5.92 Å². The van der Waals surface area contributed by atoms with Crippen molar-refractivity contribution in [3.63, 3.8) is 0 Å². The summed E-state index contributed by atoms with van der Waals surface area (Å²) in [5.41, 5.74) is 0.835. The van der Waals surface area contributed by atoms with Crippen molar-refractivity contribution in [3.05, 3.63) is 29.8 Å². The molecule has 1 saturated carbocycles. The molecule has 1 N–H and O–H groups in total. The van der Waals surface area contributed by atoms with Gasteiger partial charge in [-0.3, -0.25) is 4.79 Å². The van der Waals surface area contributed by atoms with E-state index in [2.05, 4.69) is 5.32 Å². The highest BCUT2D eigenvalue weighted by Crippen LogP contribution is 2.22. The summed E-state index contributed by atoms with van der Waals surface area (Å²) in [6.45, 7) is 1.89. The standard InChI is InChI=1S/C17H25NOS/c1-20-16-9-7-15(8-10-16)17(19)11-12-18-13-14-5-3-2-4-6-14/h7-10,14,18H,2-6,11-13H2,1H3. The van der Waals surface area contributed by atoms with Crippen LogP contribution < -0.4 is 5.32 Å². The molecule has 0 amide bonds. The maximum absolute atomic E-state index is 12.0. The minimum absolute atomic E-state index is 0.244. The molecule has 20 heavy (non-hydrogen) atoms. The summed E-state index contributed by atoms with van der Waals surface area (Å²) in [5.74, 6) is 1.08.